The third kappa shape index (κ3) is 3.51. The third-order valence-electron chi connectivity index (χ3n) is 3.68. The summed E-state index contributed by atoms with van der Waals surface area (Å²) in [5.74, 6) is 0.0836. The van der Waals surface area contributed by atoms with Crippen LogP contribution in [-0.4, -0.2) is 25.9 Å². The maximum atomic E-state index is 12.2. The van der Waals surface area contributed by atoms with Crippen LogP contribution in [0.1, 0.15) is 40.1 Å². The molecule has 1 aromatic carbocycles. The van der Waals surface area contributed by atoms with E-state index in [1.54, 1.807) is 10.7 Å². The molecule has 3 aromatic rings. The van der Waals surface area contributed by atoms with Gasteiger partial charge in [0.25, 0.3) is 5.91 Å². The number of hydrogen-bond acceptors (Lipinski definition) is 5. The molecular weight excluding hydrogens is 306 g/mol. The lowest BCUT2D eigenvalue weighted by Gasteiger charge is -1.98. The topological polar surface area (TPSA) is 85.8 Å². The summed E-state index contributed by atoms with van der Waals surface area (Å²) < 4.78 is 7.24. The van der Waals surface area contributed by atoms with E-state index in [0.29, 0.717) is 24.6 Å². The Balaban J connectivity index is 1.66. The standard InChI is InChI=1S/C17H19N5O2/c1-4-22-12(3)9-14(21-22)16(23)18-17-20-19-15(24-17)10-13-7-5-11(2)6-8-13/h5-9H,4,10H2,1-3H3,(H,18,20,23). The van der Waals surface area contributed by atoms with Crippen LogP contribution in [0, 0.1) is 13.8 Å². The van der Waals surface area contributed by atoms with Crippen molar-refractivity contribution in [2.75, 3.05) is 5.32 Å². The van der Waals surface area contributed by atoms with E-state index >= 15 is 0 Å². The molecule has 2 heterocycles. The van der Waals surface area contributed by atoms with Crippen LogP contribution in [0.2, 0.25) is 0 Å². The molecule has 124 valence electrons. The molecule has 3 rings (SSSR count). The Morgan fingerprint density at radius 2 is 1.96 bits per heavy atom. The van der Waals surface area contributed by atoms with Gasteiger partial charge < -0.3 is 4.42 Å². The van der Waals surface area contributed by atoms with E-state index in [1.165, 1.54) is 5.56 Å². The van der Waals surface area contributed by atoms with Crippen molar-refractivity contribution >= 4 is 11.9 Å². The number of carbonyl (C=O) groups is 1. The second-order valence-electron chi connectivity index (χ2n) is 5.60. The van der Waals surface area contributed by atoms with Gasteiger partial charge in [-0.25, -0.2) is 0 Å². The van der Waals surface area contributed by atoms with Crippen LogP contribution in [-0.2, 0) is 13.0 Å². The largest absolute Gasteiger partial charge is 0.407 e. The number of amides is 1. The van der Waals surface area contributed by atoms with E-state index < -0.39 is 0 Å². The molecule has 7 nitrogen and oxygen atoms in total. The second-order valence-corrected chi connectivity index (χ2v) is 5.60. The van der Waals surface area contributed by atoms with Crippen molar-refractivity contribution in [1.82, 2.24) is 20.0 Å². The minimum Gasteiger partial charge on any atom is -0.407 e. The Morgan fingerprint density at radius 3 is 2.62 bits per heavy atom. The molecule has 0 bridgehead atoms. The number of aryl methyl sites for hydroxylation is 3. The molecule has 1 N–H and O–H groups in total. The average Bonchev–Trinajstić information content (AvgIpc) is 3.16. The van der Waals surface area contributed by atoms with Gasteiger partial charge in [-0.15, -0.1) is 5.10 Å². The molecular formula is C17H19N5O2. The summed E-state index contributed by atoms with van der Waals surface area (Å²) in [4.78, 5) is 12.2. The molecule has 2 aromatic heterocycles. The van der Waals surface area contributed by atoms with E-state index in [0.717, 1.165) is 11.3 Å². The van der Waals surface area contributed by atoms with Gasteiger partial charge in [-0.3, -0.25) is 14.8 Å². The third-order valence-corrected chi connectivity index (χ3v) is 3.68. The van der Waals surface area contributed by atoms with Crippen LogP contribution in [0.15, 0.2) is 34.7 Å². The highest BCUT2D eigenvalue weighted by Gasteiger charge is 2.15. The van der Waals surface area contributed by atoms with E-state index in [4.69, 9.17) is 4.42 Å². The maximum absolute atomic E-state index is 12.2. The Kier molecular flexibility index (Phi) is 4.41. The Hall–Kier alpha value is -2.96. The first-order chi connectivity index (χ1) is 11.5. The summed E-state index contributed by atoms with van der Waals surface area (Å²) in [6.07, 6.45) is 0.521. The first-order valence-electron chi connectivity index (χ1n) is 7.79. The molecule has 0 aliphatic carbocycles. The van der Waals surface area contributed by atoms with Crippen molar-refractivity contribution in [3.05, 3.63) is 58.7 Å². The van der Waals surface area contributed by atoms with Gasteiger partial charge in [0.1, 0.15) is 0 Å². The van der Waals surface area contributed by atoms with Crippen molar-refractivity contribution in [3.8, 4) is 0 Å². The van der Waals surface area contributed by atoms with E-state index in [2.05, 4.69) is 20.6 Å². The molecule has 0 saturated heterocycles. The van der Waals surface area contributed by atoms with Crippen molar-refractivity contribution in [1.29, 1.82) is 0 Å². The zero-order valence-electron chi connectivity index (χ0n) is 13.9. The minimum atomic E-state index is -0.365. The molecule has 24 heavy (non-hydrogen) atoms. The molecule has 0 spiro atoms. The SMILES string of the molecule is CCn1nc(C(=O)Nc2nnc(Cc3ccc(C)cc3)o2)cc1C. The molecule has 0 fully saturated rings. The summed E-state index contributed by atoms with van der Waals surface area (Å²) in [5.41, 5.74) is 3.51. The highest BCUT2D eigenvalue weighted by molar-refractivity contribution is 6.01. The lowest BCUT2D eigenvalue weighted by molar-refractivity contribution is 0.101. The summed E-state index contributed by atoms with van der Waals surface area (Å²) in [6.45, 7) is 6.61. The van der Waals surface area contributed by atoms with Gasteiger partial charge in [-0.2, -0.15) is 5.10 Å². The minimum absolute atomic E-state index is 0.0748. The van der Waals surface area contributed by atoms with E-state index in [-0.39, 0.29) is 11.9 Å². The maximum Gasteiger partial charge on any atom is 0.322 e. The fourth-order valence-electron chi connectivity index (χ4n) is 2.36. The molecule has 0 aliphatic rings. The molecule has 0 aliphatic heterocycles. The lowest BCUT2D eigenvalue weighted by Crippen LogP contribution is -2.13. The molecule has 0 atom stereocenters. The van der Waals surface area contributed by atoms with Crippen LogP contribution in [0.25, 0.3) is 0 Å². The smallest absolute Gasteiger partial charge is 0.322 e. The first-order valence-corrected chi connectivity index (χ1v) is 7.79. The Labute approximate surface area is 139 Å². The lowest BCUT2D eigenvalue weighted by atomic mass is 10.1. The van der Waals surface area contributed by atoms with Crippen molar-refractivity contribution in [2.45, 2.75) is 33.7 Å². The van der Waals surface area contributed by atoms with Gasteiger partial charge in [0, 0.05) is 12.2 Å². The number of rotatable bonds is 5. The molecule has 0 saturated carbocycles. The average molecular weight is 325 g/mol. The highest BCUT2D eigenvalue weighted by Crippen LogP contribution is 2.13. The van der Waals surface area contributed by atoms with Gasteiger partial charge in [0.2, 0.25) is 5.89 Å². The number of carbonyl (C=O) groups excluding carboxylic acids is 1. The number of anilines is 1. The summed E-state index contributed by atoms with van der Waals surface area (Å²) in [6, 6.07) is 9.88. The van der Waals surface area contributed by atoms with Crippen LogP contribution in [0.4, 0.5) is 6.01 Å². The molecule has 0 radical (unpaired) electrons. The monoisotopic (exact) mass is 325 g/mol. The number of aromatic nitrogens is 4. The van der Waals surface area contributed by atoms with Gasteiger partial charge in [0.15, 0.2) is 5.69 Å². The number of benzene rings is 1. The Bertz CT molecular complexity index is 848. The number of nitrogens with zero attached hydrogens (tertiary/aromatic N) is 4. The molecule has 7 heteroatoms. The second kappa shape index (κ2) is 6.66. The van der Waals surface area contributed by atoms with Crippen molar-refractivity contribution in [3.63, 3.8) is 0 Å². The van der Waals surface area contributed by atoms with Gasteiger partial charge in [-0.05, 0) is 32.4 Å². The predicted molar refractivity (Wildman–Crippen MR) is 88.9 cm³/mol. The summed E-state index contributed by atoms with van der Waals surface area (Å²) >= 11 is 0. The fraction of sp³-hybridized carbons (Fsp3) is 0.294. The number of hydrogen-bond donors (Lipinski definition) is 1. The zero-order chi connectivity index (χ0) is 17.1. The normalized spacial score (nSPS) is 10.8. The van der Waals surface area contributed by atoms with Crippen LogP contribution in [0.3, 0.4) is 0 Å². The molecule has 0 unspecified atom stereocenters. The van der Waals surface area contributed by atoms with Gasteiger partial charge >= 0.3 is 6.01 Å². The predicted octanol–water partition coefficient (Wildman–Crippen LogP) is 2.75. The summed E-state index contributed by atoms with van der Waals surface area (Å²) in [7, 11) is 0. The molecule has 1 amide bonds. The number of nitrogens with one attached hydrogen (secondary N) is 1. The van der Waals surface area contributed by atoms with Crippen molar-refractivity contribution in [2.24, 2.45) is 0 Å². The van der Waals surface area contributed by atoms with E-state index in [1.807, 2.05) is 45.0 Å². The van der Waals surface area contributed by atoms with Gasteiger partial charge in [-0.1, -0.05) is 34.9 Å². The van der Waals surface area contributed by atoms with Crippen LogP contribution < -0.4 is 5.32 Å². The highest BCUT2D eigenvalue weighted by atomic mass is 16.4. The van der Waals surface area contributed by atoms with Crippen LogP contribution >= 0.6 is 0 Å². The van der Waals surface area contributed by atoms with Crippen molar-refractivity contribution < 1.29 is 9.21 Å². The quantitative estimate of drug-likeness (QED) is 0.779. The Morgan fingerprint density at radius 1 is 1.21 bits per heavy atom. The first kappa shape index (κ1) is 15.9. The van der Waals surface area contributed by atoms with E-state index in [9.17, 15) is 4.79 Å². The summed E-state index contributed by atoms with van der Waals surface area (Å²) in [5, 5.41) is 14.6. The van der Waals surface area contributed by atoms with Crippen LogP contribution in [0.5, 0.6) is 0 Å². The van der Waals surface area contributed by atoms with Gasteiger partial charge in [0.05, 0.1) is 6.42 Å². The fourth-order valence-corrected chi connectivity index (χ4v) is 2.36. The zero-order valence-corrected chi connectivity index (χ0v) is 13.9.